The number of carbonyl (C=O) groups is 3. The summed E-state index contributed by atoms with van der Waals surface area (Å²) in [4.78, 5) is 46.8. The van der Waals surface area contributed by atoms with E-state index in [2.05, 4.69) is 4.74 Å². The molecule has 9 heteroatoms. The van der Waals surface area contributed by atoms with Crippen molar-refractivity contribution in [2.24, 2.45) is 5.92 Å². The van der Waals surface area contributed by atoms with Crippen LogP contribution in [0.3, 0.4) is 0 Å². The molecule has 0 aromatic rings. The molecule has 2 atom stereocenters. The second-order valence-corrected chi connectivity index (χ2v) is 6.10. The third-order valence-electron chi connectivity index (χ3n) is 3.07. The van der Waals surface area contributed by atoms with Crippen LogP contribution in [0.5, 0.6) is 0 Å². The van der Waals surface area contributed by atoms with Crippen molar-refractivity contribution in [3.8, 4) is 0 Å². The zero-order valence-electron chi connectivity index (χ0n) is 13.0. The molecule has 1 heterocycles. The third-order valence-corrected chi connectivity index (χ3v) is 3.07. The Morgan fingerprint density at radius 1 is 1.41 bits per heavy atom. The summed E-state index contributed by atoms with van der Waals surface area (Å²) in [6.45, 7) is 4.44. The molecule has 0 aliphatic carbocycles. The fourth-order valence-electron chi connectivity index (χ4n) is 2.25. The van der Waals surface area contributed by atoms with E-state index in [-0.39, 0.29) is 12.8 Å². The summed E-state index contributed by atoms with van der Waals surface area (Å²) < 4.78 is 9.70. The summed E-state index contributed by atoms with van der Waals surface area (Å²) in [7, 11) is 1.12. The van der Waals surface area contributed by atoms with Crippen LogP contribution in [-0.2, 0) is 19.1 Å². The van der Waals surface area contributed by atoms with Crippen molar-refractivity contribution < 1.29 is 28.8 Å². The number of methoxy groups -OCH3 is 1. The highest BCUT2D eigenvalue weighted by Crippen LogP contribution is 2.27. The van der Waals surface area contributed by atoms with E-state index in [1.807, 2.05) is 0 Å². The number of imide groups is 1. The number of rotatable bonds is 3. The lowest BCUT2D eigenvalue weighted by Crippen LogP contribution is -2.55. The lowest BCUT2D eigenvalue weighted by molar-refractivity contribution is -0.488. The molecule has 124 valence electrons. The molecule has 0 saturated carbocycles. The number of nitrogens with zero attached hydrogens (tertiary/aromatic N) is 2. The Morgan fingerprint density at radius 2 is 2.00 bits per heavy atom. The monoisotopic (exact) mass is 316 g/mol. The molecule has 0 bridgehead atoms. The first kappa shape index (κ1) is 17.9. The van der Waals surface area contributed by atoms with Crippen LogP contribution in [0.4, 0.5) is 4.79 Å². The smallest absolute Gasteiger partial charge is 0.417 e. The number of carbonyl (C=O) groups excluding carboxylic acids is 3. The second kappa shape index (κ2) is 6.71. The first-order chi connectivity index (χ1) is 10.0. The second-order valence-electron chi connectivity index (χ2n) is 6.10. The number of likely N-dealkylation sites (tertiary alicyclic amines) is 1. The minimum atomic E-state index is -1.20. The number of hydrogen-bond donors (Lipinski definition) is 0. The van der Waals surface area contributed by atoms with Crippen molar-refractivity contribution in [1.82, 2.24) is 4.90 Å². The summed E-state index contributed by atoms with van der Waals surface area (Å²) in [5.41, 5.74) is -0.838. The summed E-state index contributed by atoms with van der Waals surface area (Å²) in [5.74, 6) is -2.10. The Labute approximate surface area is 127 Å². The highest BCUT2D eigenvalue weighted by molar-refractivity contribution is 5.98. The van der Waals surface area contributed by atoms with Gasteiger partial charge >= 0.3 is 12.1 Å². The fourth-order valence-corrected chi connectivity index (χ4v) is 2.25. The Morgan fingerprint density at radius 3 is 2.45 bits per heavy atom. The maximum atomic E-state index is 12.1. The third kappa shape index (κ3) is 4.68. The van der Waals surface area contributed by atoms with E-state index in [0.717, 1.165) is 7.11 Å². The maximum Gasteiger partial charge on any atom is 0.417 e. The molecule has 1 saturated heterocycles. The van der Waals surface area contributed by atoms with Crippen LogP contribution in [-0.4, -0.2) is 53.1 Å². The molecule has 0 aromatic carbocycles. The minimum absolute atomic E-state index is 0.0152. The molecule has 2 amide bonds. The van der Waals surface area contributed by atoms with Crippen molar-refractivity contribution in [3.05, 3.63) is 10.1 Å². The molecule has 22 heavy (non-hydrogen) atoms. The van der Waals surface area contributed by atoms with Crippen LogP contribution in [0.1, 0.15) is 33.6 Å². The van der Waals surface area contributed by atoms with Gasteiger partial charge in [-0.05, 0) is 27.2 Å². The SMILES string of the molecule is COC(=O)[C@@H]1C[C@H](C[N+](=O)[O-])CC(=O)N1C(=O)OC(C)(C)C. The van der Waals surface area contributed by atoms with Gasteiger partial charge in [-0.1, -0.05) is 0 Å². The molecular formula is C13H20N2O7. The molecule has 1 aliphatic rings. The topological polar surface area (TPSA) is 116 Å². The molecule has 1 aliphatic heterocycles. The zero-order chi connectivity index (χ0) is 17.1. The Kier molecular flexibility index (Phi) is 5.45. The van der Waals surface area contributed by atoms with E-state index in [0.29, 0.717) is 4.90 Å². The summed E-state index contributed by atoms with van der Waals surface area (Å²) >= 11 is 0. The maximum absolute atomic E-state index is 12.1. The van der Waals surface area contributed by atoms with Gasteiger partial charge in [0.15, 0.2) is 0 Å². The number of piperidine rings is 1. The number of esters is 1. The van der Waals surface area contributed by atoms with Gasteiger partial charge in [0.05, 0.1) is 7.11 Å². The highest BCUT2D eigenvalue weighted by atomic mass is 16.6. The van der Waals surface area contributed by atoms with Crippen LogP contribution in [0.15, 0.2) is 0 Å². The Hall–Kier alpha value is -2.19. The molecule has 0 spiro atoms. The van der Waals surface area contributed by atoms with Gasteiger partial charge in [-0.2, -0.15) is 0 Å². The van der Waals surface area contributed by atoms with Gasteiger partial charge < -0.3 is 9.47 Å². The van der Waals surface area contributed by atoms with Crippen molar-refractivity contribution >= 4 is 18.0 Å². The van der Waals surface area contributed by atoms with E-state index in [1.165, 1.54) is 0 Å². The first-order valence-electron chi connectivity index (χ1n) is 6.80. The van der Waals surface area contributed by atoms with Crippen LogP contribution in [0, 0.1) is 16.0 Å². The highest BCUT2D eigenvalue weighted by Gasteiger charge is 2.45. The molecule has 1 rings (SSSR count). The molecule has 0 aromatic heterocycles. The fraction of sp³-hybridized carbons (Fsp3) is 0.769. The van der Waals surface area contributed by atoms with Crippen molar-refractivity contribution in [2.75, 3.05) is 13.7 Å². The number of amides is 2. The lowest BCUT2D eigenvalue weighted by Gasteiger charge is -2.35. The van der Waals surface area contributed by atoms with E-state index < -0.39 is 47.0 Å². The van der Waals surface area contributed by atoms with Crippen LogP contribution < -0.4 is 0 Å². The first-order valence-corrected chi connectivity index (χ1v) is 6.80. The summed E-state index contributed by atoms with van der Waals surface area (Å²) in [6.07, 6.45) is -1.15. The van der Waals surface area contributed by atoms with Gasteiger partial charge in [0, 0.05) is 17.3 Å². The average Bonchev–Trinajstić information content (AvgIpc) is 2.33. The van der Waals surface area contributed by atoms with E-state index in [4.69, 9.17) is 4.74 Å². The van der Waals surface area contributed by atoms with Crippen LogP contribution in [0.25, 0.3) is 0 Å². The van der Waals surface area contributed by atoms with Gasteiger partial charge in [0.2, 0.25) is 12.5 Å². The number of hydrogen-bond acceptors (Lipinski definition) is 7. The van der Waals surface area contributed by atoms with Gasteiger partial charge in [0.1, 0.15) is 11.6 Å². The average molecular weight is 316 g/mol. The largest absolute Gasteiger partial charge is 0.467 e. The Bertz CT molecular complexity index is 483. The predicted molar refractivity (Wildman–Crippen MR) is 73.5 cm³/mol. The molecule has 0 N–H and O–H groups in total. The lowest BCUT2D eigenvalue weighted by atomic mass is 9.90. The standard InChI is InChI=1S/C13H20N2O7/c1-13(2,3)22-12(18)15-9(11(17)21-4)5-8(6-10(15)16)7-14(19)20/h8-9H,5-7H2,1-4H3/t8-,9-/m0/s1. The predicted octanol–water partition coefficient (Wildman–Crippen LogP) is 0.978. The van der Waals surface area contributed by atoms with E-state index >= 15 is 0 Å². The van der Waals surface area contributed by atoms with Crippen molar-refractivity contribution in [1.29, 1.82) is 0 Å². The zero-order valence-corrected chi connectivity index (χ0v) is 13.0. The molecular weight excluding hydrogens is 296 g/mol. The van der Waals surface area contributed by atoms with Gasteiger partial charge in [-0.3, -0.25) is 14.9 Å². The number of ether oxygens (including phenoxy) is 2. The Balaban J connectivity index is 2.98. The van der Waals surface area contributed by atoms with Crippen LogP contribution >= 0.6 is 0 Å². The molecule has 0 radical (unpaired) electrons. The molecule has 1 fully saturated rings. The summed E-state index contributed by atoms with van der Waals surface area (Å²) in [5, 5.41) is 10.6. The quantitative estimate of drug-likeness (QED) is 0.433. The van der Waals surface area contributed by atoms with Gasteiger partial charge in [-0.25, -0.2) is 14.5 Å². The van der Waals surface area contributed by atoms with Crippen molar-refractivity contribution in [2.45, 2.75) is 45.3 Å². The minimum Gasteiger partial charge on any atom is -0.467 e. The van der Waals surface area contributed by atoms with Gasteiger partial charge in [-0.15, -0.1) is 0 Å². The number of nitro groups is 1. The normalized spacial score (nSPS) is 22.2. The van der Waals surface area contributed by atoms with E-state index in [1.54, 1.807) is 20.8 Å². The molecule has 9 nitrogen and oxygen atoms in total. The van der Waals surface area contributed by atoms with Crippen molar-refractivity contribution in [3.63, 3.8) is 0 Å². The van der Waals surface area contributed by atoms with Gasteiger partial charge in [0.25, 0.3) is 0 Å². The van der Waals surface area contributed by atoms with Crippen LogP contribution in [0.2, 0.25) is 0 Å². The summed E-state index contributed by atoms with van der Waals surface area (Å²) in [6, 6.07) is -1.20. The van der Waals surface area contributed by atoms with E-state index in [9.17, 15) is 24.5 Å². The molecule has 0 unspecified atom stereocenters.